The summed E-state index contributed by atoms with van der Waals surface area (Å²) in [5.41, 5.74) is 1.59. The van der Waals surface area contributed by atoms with Crippen LogP contribution in [0.25, 0.3) is 0 Å². The Balaban J connectivity index is 1.95. The highest BCUT2D eigenvalue weighted by Crippen LogP contribution is 2.17. The zero-order chi connectivity index (χ0) is 16.7. The van der Waals surface area contributed by atoms with Crippen LogP contribution in [0, 0.1) is 5.82 Å². The third kappa shape index (κ3) is 4.96. The van der Waals surface area contributed by atoms with E-state index in [1.807, 2.05) is 24.3 Å². The number of rotatable bonds is 5. The summed E-state index contributed by atoms with van der Waals surface area (Å²) in [4.78, 5) is 4.15. The van der Waals surface area contributed by atoms with E-state index in [2.05, 4.69) is 31.6 Å². The second-order valence-electron chi connectivity index (χ2n) is 4.83. The van der Waals surface area contributed by atoms with Gasteiger partial charge in [0.1, 0.15) is 11.6 Å². The fraction of sp³-hybridized carbons (Fsp3) is 0.235. The summed E-state index contributed by atoms with van der Waals surface area (Å²) in [6, 6.07) is 12.6. The van der Waals surface area contributed by atoms with Gasteiger partial charge in [-0.25, -0.2) is 4.39 Å². The molecule has 6 heteroatoms. The van der Waals surface area contributed by atoms with Crippen LogP contribution in [0.4, 0.5) is 4.39 Å². The van der Waals surface area contributed by atoms with E-state index < -0.39 is 0 Å². The van der Waals surface area contributed by atoms with Gasteiger partial charge in [-0.2, -0.15) is 0 Å². The Bertz CT molecular complexity index is 691. The molecule has 0 saturated heterocycles. The second kappa shape index (κ2) is 8.53. The number of methoxy groups -OCH3 is 1. The topological polar surface area (TPSA) is 45.7 Å². The van der Waals surface area contributed by atoms with E-state index in [4.69, 9.17) is 4.74 Å². The van der Waals surface area contributed by atoms with Gasteiger partial charge in [0.05, 0.1) is 7.11 Å². The first-order chi connectivity index (χ1) is 11.1. The highest BCUT2D eigenvalue weighted by molar-refractivity contribution is 9.10. The maximum Gasteiger partial charge on any atom is 0.191 e. The van der Waals surface area contributed by atoms with Crippen LogP contribution in [0.1, 0.15) is 11.1 Å². The molecule has 23 heavy (non-hydrogen) atoms. The number of aliphatic imine (C=N–C) groups is 1. The summed E-state index contributed by atoms with van der Waals surface area (Å²) in [5.74, 6) is 1.16. The van der Waals surface area contributed by atoms with Gasteiger partial charge in [-0.15, -0.1) is 0 Å². The van der Waals surface area contributed by atoms with Crippen LogP contribution in [0.3, 0.4) is 0 Å². The number of nitrogens with zero attached hydrogens (tertiary/aromatic N) is 1. The zero-order valence-electron chi connectivity index (χ0n) is 13.1. The third-order valence-corrected chi connectivity index (χ3v) is 3.81. The molecule has 2 N–H and O–H groups in total. The summed E-state index contributed by atoms with van der Waals surface area (Å²) < 4.78 is 19.9. The summed E-state index contributed by atoms with van der Waals surface area (Å²) in [5, 5.41) is 6.29. The van der Waals surface area contributed by atoms with Crippen molar-refractivity contribution in [2.75, 3.05) is 14.2 Å². The van der Waals surface area contributed by atoms with E-state index in [1.54, 1.807) is 26.3 Å². The number of guanidine groups is 1. The predicted octanol–water partition coefficient (Wildman–Crippen LogP) is 3.46. The first-order valence-corrected chi connectivity index (χ1v) is 7.93. The molecule has 122 valence electrons. The molecule has 2 rings (SSSR count). The molecule has 0 radical (unpaired) electrons. The molecule has 2 aromatic carbocycles. The molecule has 0 aliphatic rings. The number of benzene rings is 2. The molecule has 0 spiro atoms. The normalized spacial score (nSPS) is 11.2. The van der Waals surface area contributed by atoms with Crippen LogP contribution < -0.4 is 15.4 Å². The molecule has 0 fully saturated rings. The van der Waals surface area contributed by atoms with Crippen molar-refractivity contribution in [2.45, 2.75) is 13.1 Å². The molecule has 0 aliphatic carbocycles. The highest BCUT2D eigenvalue weighted by Gasteiger charge is 2.06. The van der Waals surface area contributed by atoms with Crippen molar-refractivity contribution in [3.8, 4) is 5.75 Å². The van der Waals surface area contributed by atoms with E-state index in [0.717, 1.165) is 15.8 Å². The highest BCUT2D eigenvalue weighted by atomic mass is 79.9. The minimum absolute atomic E-state index is 0.249. The Hall–Kier alpha value is -2.08. The van der Waals surface area contributed by atoms with Crippen LogP contribution in [-0.2, 0) is 13.1 Å². The summed E-state index contributed by atoms with van der Waals surface area (Å²) >= 11 is 3.34. The van der Waals surface area contributed by atoms with Crippen molar-refractivity contribution in [2.24, 2.45) is 4.99 Å². The SMILES string of the molecule is CN=C(NCc1cc(Br)ccc1F)NCc1ccccc1OC. The van der Waals surface area contributed by atoms with Gasteiger partial charge in [-0.3, -0.25) is 4.99 Å². The Morgan fingerprint density at radius 3 is 2.52 bits per heavy atom. The van der Waals surface area contributed by atoms with E-state index in [0.29, 0.717) is 24.6 Å². The van der Waals surface area contributed by atoms with Gasteiger partial charge < -0.3 is 15.4 Å². The van der Waals surface area contributed by atoms with Crippen LogP contribution in [0.15, 0.2) is 51.9 Å². The fourth-order valence-electron chi connectivity index (χ4n) is 2.11. The average Bonchev–Trinajstić information content (AvgIpc) is 2.58. The van der Waals surface area contributed by atoms with Gasteiger partial charge in [0, 0.05) is 35.7 Å². The summed E-state index contributed by atoms with van der Waals surface area (Å²) in [6.45, 7) is 0.904. The molecule has 0 aliphatic heterocycles. The Morgan fingerprint density at radius 2 is 1.83 bits per heavy atom. The first kappa shape index (κ1) is 17.3. The lowest BCUT2D eigenvalue weighted by atomic mass is 10.2. The van der Waals surface area contributed by atoms with Gasteiger partial charge >= 0.3 is 0 Å². The third-order valence-electron chi connectivity index (χ3n) is 3.32. The largest absolute Gasteiger partial charge is 0.496 e. The van der Waals surface area contributed by atoms with Gasteiger partial charge in [-0.1, -0.05) is 34.1 Å². The Labute approximate surface area is 143 Å². The van der Waals surface area contributed by atoms with Gasteiger partial charge in [-0.05, 0) is 24.3 Å². The average molecular weight is 380 g/mol. The van der Waals surface area contributed by atoms with Crippen molar-refractivity contribution in [1.82, 2.24) is 10.6 Å². The fourth-order valence-corrected chi connectivity index (χ4v) is 2.51. The Kier molecular flexibility index (Phi) is 6.40. The van der Waals surface area contributed by atoms with Crippen molar-refractivity contribution < 1.29 is 9.13 Å². The lowest BCUT2D eigenvalue weighted by Gasteiger charge is -2.14. The molecule has 0 amide bonds. The first-order valence-electron chi connectivity index (χ1n) is 7.14. The molecule has 4 nitrogen and oxygen atoms in total. The van der Waals surface area contributed by atoms with Crippen LogP contribution >= 0.6 is 15.9 Å². The number of nitrogens with one attached hydrogen (secondary N) is 2. The number of para-hydroxylation sites is 1. The molecule has 0 saturated carbocycles. The lowest BCUT2D eigenvalue weighted by Crippen LogP contribution is -2.36. The van der Waals surface area contributed by atoms with Gasteiger partial charge in [0.15, 0.2) is 5.96 Å². The van der Waals surface area contributed by atoms with Gasteiger partial charge in [0.2, 0.25) is 0 Å². The van der Waals surface area contributed by atoms with E-state index in [1.165, 1.54) is 6.07 Å². The van der Waals surface area contributed by atoms with Crippen molar-refractivity contribution in [1.29, 1.82) is 0 Å². The zero-order valence-corrected chi connectivity index (χ0v) is 14.7. The quantitative estimate of drug-likeness (QED) is 0.617. The minimum Gasteiger partial charge on any atom is -0.496 e. The molecule has 0 unspecified atom stereocenters. The van der Waals surface area contributed by atoms with Crippen molar-refractivity contribution in [3.63, 3.8) is 0 Å². The molecule has 0 aromatic heterocycles. The number of halogens is 2. The van der Waals surface area contributed by atoms with Crippen molar-refractivity contribution in [3.05, 3.63) is 63.9 Å². The van der Waals surface area contributed by atoms with Crippen molar-refractivity contribution >= 4 is 21.9 Å². The summed E-state index contributed by atoms with van der Waals surface area (Å²) in [6.07, 6.45) is 0. The van der Waals surface area contributed by atoms with E-state index in [9.17, 15) is 4.39 Å². The standard InChI is InChI=1S/C17H19BrFN3O/c1-20-17(21-10-12-5-3-4-6-16(12)23-2)22-11-13-9-14(18)7-8-15(13)19/h3-9H,10-11H2,1-2H3,(H2,20,21,22). The molecule has 0 atom stereocenters. The maximum atomic E-state index is 13.7. The predicted molar refractivity (Wildman–Crippen MR) is 94.1 cm³/mol. The minimum atomic E-state index is -0.249. The molecule has 2 aromatic rings. The van der Waals surface area contributed by atoms with E-state index >= 15 is 0 Å². The van der Waals surface area contributed by atoms with Crippen LogP contribution in [0.5, 0.6) is 5.75 Å². The van der Waals surface area contributed by atoms with Crippen LogP contribution in [-0.4, -0.2) is 20.1 Å². The molecular weight excluding hydrogens is 361 g/mol. The van der Waals surface area contributed by atoms with E-state index in [-0.39, 0.29) is 5.82 Å². The number of hydrogen-bond donors (Lipinski definition) is 2. The number of ether oxygens (including phenoxy) is 1. The van der Waals surface area contributed by atoms with Gasteiger partial charge in [0.25, 0.3) is 0 Å². The molecule has 0 bridgehead atoms. The second-order valence-corrected chi connectivity index (χ2v) is 5.74. The summed E-state index contributed by atoms with van der Waals surface area (Å²) in [7, 11) is 3.32. The lowest BCUT2D eigenvalue weighted by molar-refractivity contribution is 0.409. The Morgan fingerprint density at radius 1 is 1.13 bits per heavy atom. The smallest absolute Gasteiger partial charge is 0.191 e. The molecule has 0 heterocycles. The van der Waals surface area contributed by atoms with Crippen LogP contribution in [0.2, 0.25) is 0 Å². The monoisotopic (exact) mass is 379 g/mol. The maximum absolute atomic E-state index is 13.7. The number of hydrogen-bond acceptors (Lipinski definition) is 2. The molecular formula is C17H19BrFN3O.